The molecule has 0 aromatic heterocycles. The number of benzene rings is 2. The molecule has 1 N–H and O–H groups in total. The van der Waals surface area contributed by atoms with Crippen LogP contribution in [0.25, 0.3) is 0 Å². The maximum absolute atomic E-state index is 11.9. The van der Waals surface area contributed by atoms with Gasteiger partial charge in [-0.15, -0.1) is 0 Å². The van der Waals surface area contributed by atoms with Gasteiger partial charge < -0.3 is 10.1 Å². The zero-order valence-electron chi connectivity index (χ0n) is 12.5. The van der Waals surface area contributed by atoms with Gasteiger partial charge in [-0.3, -0.25) is 4.79 Å². The van der Waals surface area contributed by atoms with Gasteiger partial charge in [-0.2, -0.15) is 0 Å². The van der Waals surface area contributed by atoms with Gasteiger partial charge in [0, 0.05) is 12.6 Å². The molecule has 0 amide bonds. The highest BCUT2D eigenvalue weighted by atomic mass is 16.5. The van der Waals surface area contributed by atoms with Crippen LogP contribution in [-0.4, -0.2) is 13.1 Å². The second-order valence-electron chi connectivity index (χ2n) is 5.07. The molecule has 0 aliphatic carbocycles. The monoisotopic (exact) mass is 283 g/mol. The zero-order valence-corrected chi connectivity index (χ0v) is 12.5. The Balaban J connectivity index is 2.14. The van der Waals surface area contributed by atoms with Crippen molar-refractivity contribution in [2.75, 3.05) is 7.11 Å². The van der Waals surface area contributed by atoms with E-state index in [4.69, 9.17) is 4.74 Å². The quantitative estimate of drug-likeness (QED) is 0.826. The number of nitrogens with one attached hydrogen (secondary N) is 1. The fraction of sp³-hybridized carbons (Fsp3) is 0.278. The lowest BCUT2D eigenvalue weighted by Gasteiger charge is -2.24. The molecule has 3 heteroatoms. The summed E-state index contributed by atoms with van der Waals surface area (Å²) >= 11 is 0. The normalized spacial score (nSPS) is 13.4. The molecule has 3 nitrogen and oxygen atoms in total. The van der Waals surface area contributed by atoms with E-state index in [-0.39, 0.29) is 17.9 Å². The maximum atomic E-state index is 11.9. The van der Waals surface area contributed by atoms with Crippen LogP contribution in [0, 0.1) is 5.92 Å². The maximum Gasteiger partial charge on any atom is 0.310 e. The molecule has 0 bridgehead atoms. The van der Waals surface area contributed by atoms with Crippen LogP contribution in [0.4, 0.5) is 0 Å². The smallest absolute Gasteiger partial charge is 0.310 e. The number of methoxy groups -OCH3 is 1. The van der Waals surface area contributed by atoms with Crippen molar-refractivity contribution in [2.45, 2.75) is 19.5 Å². The van der Waals surface area contributed by atoms with Gasteiger partial charge in [0.25, 0.3) is 0 Å². The largest absolute Gasteiger partial charge is 0.469 e. The molecule has 2 aromatic rings. The lowest BCUT2D eigenvalue weighted by atomic mass is 9.94. The third-order valence-electron chi connectivity index (χ3n) is 3.60. The van der Waals surface area contributed by atoms with E-state index in [1.807, 2.05) is 55.5 Å². The summed E-state index contributed by atoms with van der Waals surface area (Å²) in [5.74, 6) is -0.453. The van der Waals surface area contributed by atoms with E-state index in [2.05, 4.69) is 17.4 Å². The predicted molar refractivity (Wildman–Crippen MR) is 83.6 cm³/mol. The van der Waals surface area contributed by atoms with Gasteiger partial charge in [0.1, 0.15) is 0 Å². The first kappa shape index (κ1) is 15.3. The second kappa shape index (κ2) is 7.60. The average molecular weight is 283 g/mol. The van der Waals surface area contributed by atoms with Gasteiger partial charge in [0.05, 0.1) is 13.0 Å². The van der Waals surface area contributed by atoms with Crippen LogP contribution in [0.1, 0.15) is 24.1 Å². The Kier molecular flexibility index (Phi) is 5.52. The molecule has 0 saturated heterocycles. The summed E-state index contributed by atoms with van der Waals surface area (Å²) < 4.78 is 4.89. The van der Waals surface area contributed by atoms with E-state index < -0.39 is 0 Å². The third-order valence-corrected chi connectivity index (χ3v) is 3.60. The Morgan fingerprint density at radius 3 is 2.19 bits per heavy atom. The van der Waals surface area contributed by atoms with Crippen LogP contribution >= 0.6 is 0 Å². The summed E-state index contributed by atoms with van der Waals surface area (Å²) in [5.41, 5.74) is 2.28. The lowest BCUT2D eigenvalue weighted by molar-refractivity contribution is -0.145. The first-order valence-corrected chi connectivity index (χ1v) is 7.12. The molecule has 2 atom stereocenters. The Hall–Kier alpha value is -2.13. The highest BCUT2D eigenvalue weighted by Crippen LogP contribution is 2.23. The van der Waals surface area contributed by atoms with Crippen LogP contribution in [0.5, 0.6) is 0 Å². The summed E-state index contributed by atoms with van der Waals surface area (Å²) in [5, 5.41) is 3.47. The van der Waals surface area contributed by atoms with Crippen molar-refractivity contribution >= 4 is 5.97 Å². The number of rotatable bonds is 6. The summed E-state index contributed by atoms with van der Waals surface area (Å²) in [6.45, 7) is 2.60. The average Bonchev–Trinajstić information content (AvgIpc) is 2.56. The molecule has 0 unspecified atom stereocenters. The third kappa shape index (κ3) is 4.17. The molecule has 0 aliphatic heterocycles. The number of ether oxygens (including phenoxy) is 1. The van der Waals surface area contributed by atoms with E-state index >= 15 is 0 Å². The number of esters is 1. The molecule has 21 heavy (non-hydrogen) atoms. The van der Waals surface area contributed by atoms with Crippen molar-refractivity contribution in [1.82, 2.24) is 5.32 Å². The number of hydrogen-bond donors (Lipinski definition) is 1. The lowest BCUT2D eigenvalue weighted by Crippen LogP contribution is -2.31. The Bertz CT molecular complexity index is 554. The number of hydrogen-bond acceptors (Lipinski definition) is 3. The SMILES string of the molecule is COC(=O)[C@H](C)[C@H](NCc1ccccc1)c1ccccc1. The summed E-state index contributed by atoms with van der Waals surface area (Å²) in [4.78, 5) is 11.9. The van der Waals surface area contributed by atoms with E-state index in [1.165, 1.54) is 12.7 Å². The fourth-order valence-electron chi connectivity index (χ4n) is 2.39. The molecular weight excluding hydrogens is 262 g/mol. The molecule has 110 valence electrons. The second-order valence-corrected chi connectivity index (χ2v) is 5.07. The first-order chi connectivity index (χ1) is 10.2. The van der Waals surface area contributed by atoms with Crippen molar-refractivity contribution in [1.29, 1.82) is 0 Å². The standard InChI is InChI=1S/C18H21NO2/c1-14(18(20)21-2)17(16-11-7-4-8-12-16)19-13-15-9-5-3-6-10-15/h3-12,14,17,19H,13H2,1-2H3/t14-,17+/m1/s1. The minimum atomic E-state index is -0.249. The Morgan fingerprint density at radius 1 is 1.05 bits per heavy atom. The van der Waals surface area contributed by atoms with Gasteiger partial charge >= 0.3 is 5.97 Å². The zero-order chi connectivity index (χ0) is 15.1. The van der Waals surface area contributed by atoms with Crippen LogP contribution in [0.2, 0.25) is 0 Å². The highest BCUT2D eigenvalue weighted by molar-refractivity contribution is 5.73. The molecule has 0 aliphatic rings. The summed E-state index contributed by atoms with van der Waals surface area (Å²) in [6.07, 6.45) is 0. The van der Waals surface area contributed by atoms with E-state index in [1.54, 1.807) is 0 Å². The van der Waals surface area contributed by atoms with Crippen molar-refractivity contribution in [3.63, 3.8) is 0 Å². The van der Waals surface area contributed by atoms with E-state index in [0.717, 1.165) is 5.56 Å². The van der Waals surface area contributed by atoms with E-state index in [9.17, 15) is 4.79 Å². The van der Waals surface area contributed by atoms with Crippen molar-refractivity contribution < 1.29 is 9.53 Å². The molecule has 0 radical (unpaired) electrons. The van der Waals surface area contributed by atoms with Gasteiger partial charge in [0.15, 0.2) is 0 Å². The molecule has 2 aromatic carbocycles. The molecule has 0 fully saturated rings. The van der Waals surface area contributed by atoms with Crippen LogP contribution in [0.15, 0.2) is 60.7 Å². The molecule has 0 spiro atoms. The van der Waals surface area contributed by atoms with Crippen LogP contribution < -0.4 is 5.32 Å². The minimum Gasteiger partial charge on any atom is -0.469 e. The molecule has 2 rings (SSSR count). The van der Waals surface area contributed by atoms with Crippen molar-refractivity contribution in [2.24, 2.45) is 5.92 Å². The highest BCUT2D eigenvalue weighted by Gasteiger charge is 2.25. The first-order valence-electron chi connectivity index (χ1n) is 7.12. The molecule has 0 saturated carbocycles. The van der Waals surface area contributed by atoms with Crippen molar-refractivity contribution in [3.8, 4) is 0 Å². The predicted octanol–water partition coefficient (Wildman–Crippen LogP) is 3.33. The van der Waals surface area contributed by atoms with Gasteiger partial charge in [-0.25, -0.2) is 0 Å². The Morgan fingerprint density at radius 2 is 1.62 bits per heavy atom. The van der Waals surface area contributed by atoms with Crippen LogP contribution in [0.3, 0.4) is 0 Å². The molecular formula is C18H21NO2. The Labute approximate surface area is 126 Å². The topological polar surface area (TPSA) is 38.3 Å². The van der Waals surface area contributed by atoms with Crippen molar-refractivity contribution in [3.05, 3.63) is 71.8 Å². The molecule has 0 heterocycles. The van der Waals surface area contributed by atoms with E-state index in [0.29, 0.717) is 6.54 Å². The minimum absolute atomic E-state index is 0.0705. The van der Waals surface area contributed by atoms with Gasteiger partial charge in [-0.05, 0) is 11.1 Å². The van der Waals surface area contributed by atoms with Crippen LogP contribution in [-0.2, 0) is 16.1 Å². The number of carbonyl (C=O) groups excluding carboxylic acids is 1. The summed E-state index contributed by atoms with van der Waals surface area (Å²) in [7, 11) is 1.43. The number of carbonyl (C=O) groups is 1. The van der Waals surface area contributed by atoms with Gasteiger partial charge in [0.2, 0.25) is 0 Å². The summed E-state index contributed by atoms with van der Waals surface area (Å²) in [6, 6.07) is 20.1. The fourth-order valence-corrected chi connectivity index (χ4v) is 2.39. The van der Waals surface area contributed by atoms with Gasteiger partial charge in [-0.1, -0.05) is 67.6 Å².